The predicted molar refractivity (Wildman–Crippen MR) is 171 cm³/mol. The normalized spacial score (nSPS) is 30.9. The van der Waals surface area contributed by atoms with Crippen molar-refractivity contribution in [3.63, 3.8) is 0 Å². The van der Waals surface area contributed by atoms with E-state index in [0.29, 0.717) is 36.8 Å². The fraction of sp³-hybridized carbons (Fsp3) is 0.529. The Labute approximate surface area is 262 Å². The summed E-state index contributed by atoms with van der Waals surface area (Å²) in [5, 5.41) is 28.5. The van der Waals surface area contributed by atoms with E-state index in [0.717, 1.165) is 78.9 Å². The van der Waals surface area contributed by atoms with Gasteiger partial charge < -0.3 is 30.1 Å². The average molecular weight is 615 g/mol. The van der Waals surface area contributed by atoms with E-state index < -0.39 is 6.10 Å². The minimum absolute atomic E-state index is 0.0513. The Bertz CT molecular complexity index is 1660. The van der Waals surface area contributed by atoms with E-state index >= 15 is 0 Å². The molecule has 5 unspecified atom stereocenters. The average Bonchev–Trinajstić information content (AvgIpc) is 3.71. The minimum Gasteiger partial charge on any atom is -0.508 e. The van der Waals surface area contributed by atoms with Gasteiger partial charge in [-0.2, -0.15) is 9.97 Å². The van der Waals surface area contributed by atoms with E-state index in [9.17, 15) is 10.2 Å². The summed E-state index contributed by atoms with van der Waals surface area (Å²) in [4.78, 5) is 17.5. The van der Waals surface area contributed by atoms with Gasteiger partial charge >= 0.3 is 6.01 Å². The molecule has 2 aromatic carbocycles. The van der Waals surface area contributed by atoms with Crippen molar-refractivity contribution in [3.05, 3.63) is 58.8 Å². The fourth-order valence-electron chi connectivity index (χ4n) is 9.28. The van der Waals surface area contributed by atoms with E-state index in [4.69, 9.17) is 26.3 Å². The highest BCUT2D eigenvalue weighted by molar-refractivity contribution is 6.36. The van der Waals surface area contributed by atoms with Crippen LogP contribution in [0.3, 0.4) is 0 Å². The van der Waals surface area contributed by atoms with Gasteiger partial charge in [0, 0.05) is 48.1 Å². The minimum atomic E-state index is -0.627. The highest BCUT2D eigenvalue weighted by Gasteiger charge is 2.48. The van der Waals surface area contributed by atoms with Gasteiger partial charge in [-0.15, -0.1) is 0 Å². The maximum atomic E-state index is 11.6. The van der Waals surface area contributed by atoms with Gasteiger partial charge in [-0.05, 0) is 69.1 Å². The standard InChI is InChI=1S/C34H39ClN6O3/c35-24-5-1-4-20-14-23(42)15-27(29(20)24)39-16-21-6-9-28(43)31-25-8-7-22(36-25)17-41(31)32-30(21)26(18-39)37-33(38-32)44-19-34-10-2-12-40(34)13-3-11-34/h1,4-6,9,14-15,21-22,25,28,31,36,42-43H,2-3,7-8,10-13,16-19H2/b9-6-. The lowest BCUT2D eigenvalue weighted by atomic mass is 9.87. The molecule has 0 aliphatic carbocycles. The summed E-state index contributed by atoms with van der Waals surface area (Å²) in [7, 11) is 0. The van der Waals surface area contributed by atoms with Crippen LogP contribution in [0.25, 0.3) is 10.8 Å². The topological polar surface area (TPSA) is 97.2 Å². The molecule has 230 valence electrons. The molecule has 0 amide bonds. The Morgan fingerprint density at radius 3 is 2.80 bits per heavy atom. The number of aliphatic hydroxyl groups is 1. The quantitative estimate of drug-likeness (QED) is 0.371. The van der Waals surface area contributed by atoms with Gasteiger partial charge in [0.1, 0.15) is 18.2 Å². The van der Waals surface area contributed by atoms with Crippen molar-refractivity contribution in [1.29, 1.82) is 0 Å². The summed E-state index contributed by atoms with van der Waals surface area (Å²) >= 11 is 6.77. The number of ether oxygens (including phenoxy) is 1. The second kappa shape index (κ2) is 10.2. The zero-order valence-electron chi connectivity index (χ0n) is 24.8. The molecule has 3 N–H and O–H groups in total. The maximum absolute atomic E-state index is 11.6. The molecule has 6 aliphatic heterocycles. The number of phenolic OH excluding ortho intramolecular Hbond substituents is 1. The van der Waals surface area contributed by atoms with Gasteiger partial charge in [0.2, 0.25) is 0 Å². The molecule has 2 bridgehead atoms. The molecule has 9 nitrogen and oxygen atoms in total. The molecule has 0 radical (unpaired) electrons. The molecular weight excluding hydrogens is 576 g/mol. The van der Waals surface area contributed by atoms with E-state index in [2.05, 4.69) is 26.1 Å². The zero-order chi connectivity index (χ0) is 29.6. The largest absolute Gasteiger partial charge is 0.508 e. The molecule has 10 heteroatoms. The summed E-state index contributed by atoms with van der Waals surface area (Å²) in [5.41, 5.74) is 3.02. The first-order valence-corrected chi connectivity index (χ1v) is 16.7. The lowest BCUT2D eigenvalue weighted by Gasteiger charge is -2.46. The van der Waals surface area contributed by atoms with Crippen LogP contribution in [0, 0.1) is 0 Å². The Hall–Kier alpha value is -3.11. The number of anilines is 2. The Balaban J connectivity index is 1.16. The predicted octanol–water partition coefficient (Wildman–Crippen LogP) is 4.34. The maximum Gasteiger partial charge on any atom is 0.318 e. The number of aromatic hydroxyl groups is 1. The van der Waals surface area contributed by atoms with Crippen LogP contribution < -0.4 is 19.9 Å². The van der Waals surface area contributed by atoms with Gasteiger partial charge in [-0.1, -0.05) is 35.9 Å². The van der Waals surface area contributed by atoms with E-state index in [1.165, 1.54) is 12.8 Å². The van der Waals surface area contributed by atoms with Gasteiger partial charge in [-0.25, -0.2) is 0 Å². The number of nitrogens with one attached hydrogen (secondary N) is 1. The van der Waals surface area contributed by atoms with E-state index in [-0.39, 0.29) is 29.3 Å². The third-order valence-corrected chi connectivity index (χ3v) is 11.6. The summed E-state index contributed by atoms with van der Waals surface area (Å²) in [6.45, 7) is 4.88. The highest BCUT2D eigenvalue weighted by Crippen LogP contribution is 2.45. The van der Waals surface area contributed by atoms with Crippen molar-refractivity contribution in [2.75, 3.05) is 42.6 Å². The van der Waals surface area contributed by atoms with Crippen molar-refractivity contribution in [1.82, 2.24) is 20.2 Å². The molecule has 6 aliphatic rings. The van der Waals surface area contributed by atoms with Crippen molar-refractivity contribution < 1.29 is 14.9 Å². The molecule has 4 saturated heterocycles. The van der Waals surface area contributed by atoms with Crippen molar-refractivity contribution in [2.45, 2.75) is 80.8 Å². The van der Waals surface area contributed by atoms with Gasteiger partial charge in [0.15, 0.2) is 0 Å². The molecule has 9 rings (SSSR count). The number of aliphatic hydroxyl groups excluding tert-OH is 1. The molecule has 44 heavy (non-hydrogen) atoms. The summed E-state index contributed by atoms with van der Waals surface area (Å²) in [6.07, 6.45) is 10.4. The van der Waals surface area contributed by atoms with E-state index in [1.54, 1.807) is 12.1 Å². The number of halogens is 1. The molecule has 5 atom stereocenters. The number of fused-ring (bicyclic) bond motifs is 7. The lowest BCUT2D eigenvalue weighted by Crippen LogP contribution is -2.63. The third kappa shape index (κ3) is 4.23. The molecule has 1 aromatic heterocycles. The van der Waals surface area contributed by atoms with Crippen LogP contribution in [0.5, 0.6) is 11.8 Å². The SMILES string of the molecule is Oc1cc(N2Cc3nc(OCC45CCCN4CCC5)nc4c3C(/C=C\C(O)C3C5CCC(CN43)N5)C2)c2c(Cl)cccc2c1. The van der Waals surface area contributed by atoms with Crippen LogP contribution in [-0.2, 0) is 6.54 Å². The molecule has 0 spiro atoms. The first-order valence-electron chi connectivity index (χ1n) is 16.3. The smallest absolute Gasteiger partial charge is 0.318 e. The zero-order valence-corrected chi connectivity index (χ0v) is 25.6. The lowest BCUT2D eigenvalue weighted by molar-refractivity contribution is 0.107. The summed E-state index contributed by atoms with van der Waals surface area (Å²) < 4.78 is 6.59. The van der Waals surface area contributed by atoms with Gasteiger partial charge in [-0.3, -0.25) is 4.90 Å². The number of nitrogens with zero attached hydrogens (tertiary/aromatic N) is 5. The van der Waals surface area contributed by atoms with Crippen molar-refractivity contribution >= 4 is 33.9 Å². The Morgan fingerprint density at radius 1 is 1.07 bits per heavy atom. The molecule has 4 fully saturated rings. The van der Waals surface area contributed by atoms with Crippen molar-refractivity contribution in [3.8, 4) is 11.8 Å². The number of rotatable bonds is 4. The van der Waals surface area contributed by atoms with E-state index in [1.807, 2.05) is 24.3 Å². The number of benzene rings is 2. The Morgan fingerprint density at radius 2 is 1.93 bits per heavy atom. The second-order valence-electron chi connectivity index (χ2n) is 13.8. The number of aromatic nitrogens is 2. The van der Waals surface area contributed by atoms with Crippen LogP contribution >= 0.6 is 11.6 Å². The third-order valence-electron chi connectivity index (χ3n) is 11.3. The molecular formula is C34H39ClN6O3. The van der Waals surface area contributed by atoms with Crippen LogP contribution in [0.2, 0.25) is 5.02 Å². The second-order valence-corrected chi connectivity index (χ2v) is 14.2. The molecule has 7 heterocycles. The van der Waals surface area contributed by atoms with Crippen LogP contribution in [0.1, 0.15) is 55.7 Å². The first-order chi connectivity index (χ1) is 21.5. The monoisotopic (exact) mass is 614 g/mol. The fourth-order valence-corrected chi connectivity index (χ4v) is 9.56. The highest BCUT2D eigenvalue weighted by atomic mass is 35.5. The number of phenols is 1. The van der Waals surface area contributed by atoms with Crippen LogP contribution in [0.15, 0.2) is 42.5 Å². The number of hydrogen-bond acceptors (Lipinski definition) is 9. The number of hydrogen-bond donors (Lipinski definition) is 3. The molecule has 3 aromatic rings. The van der Waals surface area contributed by atoms with Crippen LogP contribution in [-0.4, -0.2) is 87.6 Å². The van der Waals surface area contributed by atoms with Gasteiger partial charge in [0.25, 0.3) is 0 Å². The van der Waals surface area contributed by atoms with Crippen molar-refractivity contribution in [2.24, 2.45) is 0 Å². The molecule has 0 saturated carbocycles. The van der Waals surface area contributed by atoms with Crippen LogP contribution in [0.4, 0.5) is 11.5 Å². The summed E-state index contributed by atoms with van der Waals surface area (Å²) in [6, 6.07) is 10.3. The number of piperazine rings is 1. The Kier molecular flexibility index (Phi) is 6.31. The first kappa shape index (κ1) is 27.2. The summed E-state index contributed by atoms with van der Waals surface area (Å²) in [5.74, 6) is 1.06. The van der Waals surface area contributed by atoms with Gasteiger partial charge in [0.05, 0.1) is 40.6 Å².